The smallest absolute Gasteiger partial charge is 0.222 e. The molecular weight excluding hydrogens is 158 g/mol. The summed E-state index contributed by atoms with van der Waals surface area (Å²) in [5.41, 5.74) is 0. The summed E-state index contributed by atoms with van der Waals surface area (Å²) in [6, 6.07) is 0. The lowest BCUT2D eigenvalue weighted by Gasteiger charge is -1.92. The number of aromatic nitrogens is 3. The van der Waals surface area contributed by atoms with Crippen LogP contribution in [0.3, 0.4) is 0 Å². The highest BCUT2D eigenvalue weighted by Gasteiger charge is 1.86. The second-order valence-corrected chi connectivity index (χ2v) is 2.17. The predicted molar refractivity (Wildman–Crippen MR) is 48.0 cm³/mol. The number of H-pyrrole nitrogens is 1. The van der Waals surface area contributed by atoms with Gasteiger partial charge in [-0.2, -0.15) is 0 Å². The Bertz CT molecular complexity index is 243. The van der Waals surface area contributed by atoms with Crippen LogP contribution >= 0.6 is 12.2 Å². The van der Waals surface area contributed by atoms with Crippen LogP contribution in [0.1, 0.15) is 25.5 Å². The van der Waals surface area contributed by atoms with Crippen LogP contribution in [0.15, 0.2) is 0 Å². The number of hydrogen-bond acceptors (Lipinski definition) is 3. The lowest BCUT2D eigenvalue weighted by Crippen LogP contribution is -1.94. The van der Waals surface area contributed by atoms with Crippen molar-refractivity contribution in [2.24, 2.45) is 0 Å². The van der Waals surface area contributed by atoms with Crippen LogP contribution in [-0.2, 0) is 0 Å². The second-order valence-electron chi connectivity index (χ2n) is 1.80. The zero-order valence-corrected chi connectivity index (χ0v) is 8.12. The quantitative estimate of drug-likeness (QED) is 0.608. The van der Waals surface area contributed by atoms with Crippen LogP contribution in [-0.4, -0.2) is 15.0 Å². The summed E-state index contributed by atoms with van der Waals surface area (Å²) in [5, 5.41) is 0. The molecule has 3 nitrogen and oxygen atoms in total. The molecule has 0 aliphatic rings. The summed E-state index contributed by atoms with van der Waals surface area (Å²) in [4.78, 5) is 10.7. The van der Waals surface area contributed by atoms with E-state index in [2.05, 4.69) is 15.0 Å². The predicted octanol–water partition coefficient (Wildman–Crippen LogP) is 2.18. The lowest BCUT2D eigenvalue weighted by atomic mass is 10.6. The summed E-state index contributed by atoms with van der Waals surface area (Å²) in [6.07, 6.45) is 0. The first-order chi connectivity index (χ1) is 5.18. The van der Waals surface area contributed by atoms with Gasteiger partial charge in [-0.3, -0.25) is 0 Å². The van der Waals surface area contributed by atoms with Crippen LogP contribution in [0.2, 0.25) is 0 Å². The second kappa shape index (κ2) is 4.96. The Hall–Kier alpha value is -0.770. The number of hydrogen-bond donors (Lipinski definition) is 1. The molecule has 1 rings (SSSR count). The molecule has 0 amide bonds. The highest BCUT2D eigenvalue weighted by atomic mass is 32.1. The molecule has 0 bridgehead atoms. The molecule has 0 aliphatic heterocycles. The topological polar surface area (TPSA) is 41.6 Å². The highest BCUT2D eigenvalue weighted by molar-refractivity contribution is 7.71. The minimum absolute atomic E-state index is 0.406. The first-order valence-electron chi connectivity index (χ1n) is 3.60. The van der Waals surface area contributed by atoms with Crippen molar-refractivity contribution in [2.45, 2.75) is 27.7 Å². The molecule has 0 atom stereocenters. The van der Waals surface area contributed by atoms with Crippen molar-refractivity contribution in [2.75, 3.05) is 0 Å². The third-order valence-electron chi connectivity index (χ3n) is 0.889. The van der Waals surface area contributed by atoms with Gasteiger partial charge in [-0.05, 0) is 26.1 Å². The molecule has 0 fully saturated rings. The van der Waals surface area contributed by atoms with Crippen LogP contribution in [0.25, 0.3) is 0 Å². The summed E-state index contributed by atoms with van der Waals surface area (Å²) >= 11 is 4.74. The fourth-order valence-corrected chi connectivity index (χ4v) is 0.903. The SMILES string of the molecule is CC.Cc1nc(=S)nc(C)[nH]1. The Balaban J connectivity index is 0.000000461. The maximum absolute atomic E-state index is 4.74. The van der Waals surface area contributed by atoms with Crippen molar-refractivity contribution in [1.29, 1.82) is 0 Å². The number of nitrogens with one attached hydrogen (secondary N) is 1. The van der Waals surface area contributed by atoms with Gasteiger partial charge in [0, 0.05) is 0 Å². The molecule has 11 heavy (non-hydrogen) atoms. The van der Waals surface area contributed by atoms with Gasteiger partial charge >= 0.3 is 0 Å². The first kappa shape index (κ1) is 10.2. The maximum Gasteiger partial charge on any atom is 0.222 e. The standard InChI is InChI=1S/C5H7N3S.C2H6/c1-3-6-4(2)8-5(9)7-3;1-2/h1-2H3,(H,6,7,8,9);1-2H3. The van der Waals surface area contributed by atoms with Gasteiger partial charge in [0.05, 0.1) is 0 Å². The third-order valence-corrected chi connectivity index (χ3v) is 1.07. The van der Waals surface area contributed by atoms with Crippen molar-refractivity contribution >= 4 is 12.2 Å². The molecule has 4 heteroatoms. The van der Waals surface area contributed by atoms with Crippen LogP contribution < -0.4 is 0 Å². The third kappa shape index (κ3) is 3.83. The highest BCUT2D eigenvalue weighted by Crippen LogP contribution is 1.87. The van der Waals surface area contributed by atoms with E-state index >= 15 is 0 Å². The van der Waals surface area contributed by atoms with E-state index in [-0.39, 0.29) is 0 Å². The van der Waals surface area contributed by atoms with Crippen LogP contribution in [0.4, 0.5) is 0 Å². The lowest BCUT2D eigenvalue weighted by molar-refractivity contribution is 0.905. The minimum atomic E-state index is 0.406. The fourth-order valence-electron chi connectivity index (χ4n) is 0.630. The molecule has 0 saturated carbocycles. The molecule has 1 aromatic heterocycles. The van der Waals surface area contributed by atoms with E-state index in [1.807, 2.05) is 27.7 Å². The van der Waals surface area contributed by atoms with E-state index in [1.54, 1.807) is 0 Å². The maximum atomic E-state index is 4.74. The minimum Gasteiger partial charge on any atom is -0.332 e. The van der Waals surface area contributed by atoms with Gasteiger partial charge in [-0.15, -0.1) is 0 Å². The van der Waals surface area contributed by atoms with Crippen molar-refractivity contribution in [3.63, 3.8) is 0 Å². The summed E-state index contributed by atoms with van der Waals surface area (Å²) in [6.45, 7) is 7.70. The van der Waals surface area contributed by atoms with E-state index in [1.165, 1.54) is 0 Å². The Labute approximate surface area is 71.9 Å². The molecule has 0 unspecified atom stereocenters. The largest absolute Gasteiger partial charge is 0.332 e. The van der Waals surface area contributed by atoms with Crippen molar-refractivity contribution in [1.82, 2.24) is 15.0 Å². The molecule has 0 radical (unpaired) electrons. The Morgan fingerprint density at radius 3 is 1.73 bits per heavy atom. The van der Waals surface area contributed by atoms with Crippen molar-refractivity contribution in [3.8, 4) is 0 Å². The number of nitrogens with zero attached hydrogens (tertiary/aromatic N) is 2. The number of aromatic amines is 1. The summed E-state index contributed by atoms with van der Waals surface area (Å²) in [7, 11) is 0. The van der Waals surface area contributed by atoms with Gasteiger partial charge in [0.25, 0.3) is 0 Å². The van der Waals surface area contributed by atoms with Crippen molar-refractivity contribution < 1.29 is 0 Å². The normalized spacial score (nSPS) is 8.36. The molecule has 0 aliphatic carbocycles. The number of rotatable bonds is 0. The molecule has 1 N–H and O–H groups in total. The van der Waals surface area contributed by atoms with Gasteiger partial charge in [-0.25, -0.2) is 9.97 Å². The summed E-state index contributed by atoms with van der Waals surface area (Å²) in [5.74, 6) is 1.63. The van der Waals surface area contributed by atoms with Gasteiger partial charge < -0.3 is 4.98 Å². The van der Waals surface area contributed by atoms with E-state index in [0.29, 0.717) is 4.77 Å². The van der Waals surface area contributed by atoms with E-state index in [4.69, 9.17) is 12.2 Å². The van der Waals surface area contributed by atoms with E-state index < -0.39 is 0 Å². The fraction of sp³-hybridized carbons (Fsp3) is 0.571. The summed E-state index contributed by atoms with van der Waals surface area (Å²) < 4.78 is 0.406. The molecule has 62 valence electrons. The monoisotopic (exact) mass is 171 g/mol. The van der Waals surface area contributed by atoms with E-state index in [0.717, 1.165) is 11.6 Å². The van der Waals surface area contributed by atoms with Crippen LogP contribution in [0, 0.1) is 18.6 Å². The molecular formula is C7H13N3S. The zero-order valence-electron chi connectivity index (χ0n) is 7.30. The molecule has 0 aromatic carbocycles. The van der Waals surface area contributed by atoms with Gasteiger partial charge in [-0.1, -0.05) is 13.8 Å². The van der Waals surface area contributed by atoms with Gasteiger partial charge in [0.15, 0.2) is 0 Å². The van der Waals surface area contributed by atoms with Gasteiger partial charge in [0.2, 0.25) is 4.77 Å². The Morgan fingerprint density at radius 2 is 1.45 bits per heavy atom. The Morgan fingerprint density at radius 1 is 1.09 bits per heavy atom. The average molecular weight is 171 g/mol. The molecule has 1 aromatic rings. The first-order valence-corrected chi connectivity index (χ1v) is 4.01. The Kier molecular flexibility index (Phi) is 4.61. The molecule has 0 spiro atoms. The average Bonchev–Trinajstić information content (AvgIpc) is 1.88. The van der Waals surface area contributed by atoms with E-state index in [9.17, 15) is 0 Å². The zero-order chi connectivity index (χ0) is 8.85. The van der Waals surface area contributed by atoms with Gasteiger partial charge in [0.1, 0.15) is 11.6 Å². The molecule has 0 saturated heterocycles. The van der Waals surface area contributed by atoms with Crippen molar-refractivity contribution in [3.05, 3.63) is 16.4 Å². The number of aryl methyl sites for hydroxylation is 2. The van der Waals surface area contributed by atoms with Crippen LogP contribution in [0.5, 0.6) is 0 Å². The molecule has 1 heterocycles.